The van der Waals surface area contributed by atoms with E-state index in [1.54, 1.807) is 7.05 Å². The van der Waals surface area contributed by atoms with Crippen LogP contribution in [-0.4, -0.2) is 23.5 Å². The molecule has 0 amide bonds. The lowest BCUT2D eigenvalue weighted by molar-refractivity contribution is 0.551. The van der Waals surface area contributed by atoms with Gasteiger partial charge in [-0.15, -0.1) is 0 Å². The Bertz CT molecular complexity index is 640. The third-order valence-electron chi connectivity index (χ3n) is 2.70. The predicted octanol–water partition coefficient (Wildman–Crippen LogP) is 1.83. The number of aryl methyl sites for hydroxylation is 1. The largest absolute Gasteiger partial charge is 0.258 e. The highest BCUT2D eigenvalue weighted by Gasteiger charge is 2.23. The summed E-state index contributed by atoms with van der Waals surface area (Å²) in [7, 11) is -1.99. The zero-order valence-corrected chi connectivity index (χ0v) is 12.7. The summed E-state index contributed by atoms with van der Waals surface area (Å²) in [6.45, 7) is 0. The Morgan fingerprint density at radius 2 is 2.00 bits per heavy atom. The van der Waals surface area contributed by atoms with E-state index in [0.29, 0.717) is 5.33 Å². The van der Waals surface area contributed by atoms with Gasteiger partial charge in [-0.05, 0) is 11.6 Å². The molecule has 2 aromatic rings. The van der Waals surface area contributed by atoms with Crippen LogP contribution in [0.3, 0.4) is 0 Å². The summed E-state index contributed by atoms with van der Waals surface area (Å²) in [5.41, 5.74) is 0.908. The first-order valence-corrected chi connectivity index (χ1v) is 8.26. The Hall–Kier alpha value is -1.18. The SMILES string of the molecule is Cn1nccc1S(=O)(=O)NC(CBr)c1ccccc1. The first-order chi connectivity index (χ1) is 9.04. The van der Waals surface area contributed by atoms with Crippen LogP contribution in [0, 0.1) is 0 Å². The highest BCUT2D eigenvalue weighted by atomic mass is 79.9. The van der Waals surface area contributed by atoms with Crippen molar-refractivity contribution in [3.63, 3.8) is 0 Å². The molecule has 0 aliphatic rings. The molecule has 0 aliphatic carbocycles. The lowest BCUT2D eigenvalue weighted by atomic mass is 10.1. The van der Waals surface area contributed by atoms with Gasteiger partial charge < -0.3 is 0 Å². The van der Waals surface area contributed by atoms with E-state index in [2.05, 4.69) is 25.8 Å². The van der Waals surface area contributed by atoms with Gasteiger partial charge in [-0.25, -0.2) is 13.1 Å². The fourth-order valence-corrected chi connectivity index (χ4v) is 3.85. The van der Waals surface area contributed by atoms with Crippen molar-refractivity contribution in [2.75, 3.05) is 5.33 Å². The second kappa shape index (κ2) is 5.85. The van der Waals surface area contributed by atoms with Crippen molar-refractivity contribution in [3.05, 3.63) is 48.2 Å². The molecule has 7 heteroatoms. The molecule has 0 saturated carbocycles. The number of nitrogens with one attached hydrogen (secondary N) is 1. The lowest BCUT2D eigenvalue weighted by Crippen LogP contribution is -2.31. The van der Waals surface area contributed by atoms with E-state index in [4.69, 9.17) is 0 Å². The number of hydrogen-bond donors (Lipinski definition) is 1. The molecule has 1 unspecified atom stereocenters. The number of benzene rings is 1. The lowest BCUT2D eigenvalue weighted by Gasteiger charge is -2.16. The van der Waals surface area contributed by atoms with Gasteiger partial charge >= 0.3 is 0 Å². The van der Waals surface area contributed by atoms with Gasteiger partial charge in [-0.1, -0.05) is 46.3 Å². The number of sulfonamides is 1. The van der Waals surface area contributed by atoms with E-state index < -0.39 is 10.0 Å². The van der Waals surface area contributed by atoms with E-state index in [0.717, 1.165) is 5.56 Å². The Kier molecular flexibility index (Phi) is 4.38. The van der Waals surface area contributed by atoms with E-state index in [1.165, 1.54) is 16.9 Å². The monoisotopic (exact) mass is 343 g/mol. The number of hydrogen-bond acceptors (Lipinski definition) is 3. The maximum atomic E-state index is 12.3. The van der Waals surface area contributed by atoms with Gasteiger partial charge in [0.15, 0.2) is 5.03 Å². The third kappa shape index (κ3) is 3.23. The number of aromatic nitrogens is 2. The summed E-state index contributed by atoms with van der Waals surface area (Å²) in [5, 5.41) is 4.52. The molecule has 1 aromatic carbocycles. The van der Waals surface area contributed by atoms with Crippen molar-refractivity contribution in [2.45, 2.75) is 11.1 Å². The molecule has 0 spiro atoms. The average molecular weight is 344 g/mol. The maximum Gasteiger partial charge on any atom is 0.258 e. The molecular formula is C12H14BrN3O2S. The van der Waals surface area contributed by atoms with Crippen LogP contribution in [0.5, 0.6) is 0 Å². The van der Waals surface area contributed by atoms with Crippen molar-refractivity contribution in [3.8, 4) is 0 Å². The summed E-state index contributed by atoms with van der Waals surface area (Å²) in [6.07, 6.45) is 1.46. The molecule has 1 heterocycles. The number of halogens is 1. The van der Waals surface area contributed by atoms with E-state index in [9.17, 15) is 8.42 Å². The Morgan fingerprint density at radius 1 is 1.32 bits per heavy atom. The molecule has 2 rings (SSSR count). The van der Waals surface area contributed by atoms with Crippen molar-refractivity contribution in [1.29, 1.82) is 0 Å². The molecule has 102 valence electrons. The molecule has 1 N–H and O–H groups in total. The molecule has 19 heavy (non-hydrogen) atoms. The van der Waals surface area contributed by atoms with Crippen LogP contribution in [0.4, 0.5) is 0 Å². The highest BCUT2D eigenvalue weighted by molar-refractivity contribution is 9.09. The van der Waals surface area contributed by atoms with Gasteiger partial charge in [-0.3, -0.25) is 4.68 Å². The highest BCUT2D eigenvalue weighted by Crippen LogP contribution is 2.18. The van der Waals surface area contributed by atoms with Crippen LogP contribution in [0.25, 0.3) is 0 Å². The number of rotatable bonds is 5. The van der Waals surface area contributed by atoms with Crippen LogP contribution in [0.1, 0.15) is 11.6 Å². The van der Waals surface area contributed by atoms with Gasteiger partial charge in [0.1, 0.15) is 0 Å². The molecule has 0 fully saturated rings. The Morgan fingerprint density at radius 3 is 2.53 bits per heavy atom. The zero-order chi connectivity index (χ0) is 13.9. The third-order valence-corrected chi connectivity index (χ3v) is 4.90. The normalized spacial score (nSPS) is 13.4. The quantitative estimate of drug-likeness (QED) is 0.842. The second-order valence-corrected chi connectivity index (χ2v) is 6.34. The Labute approximate surface area is 120 Å². The minimum absolute atomic E-state index is 0.148. The van der Waals surface area contributed by atoms with Gasteiger partial charge in [0, 0.05) is 12.4 Å². The molecule has 5 nitrogen and oxygen atoms in total. The molecule has 1 aromatic heterocycles. The first-order valence-electron chi connectivity index (χ1n) is 5.66. The summed E-state index contributed by atoms with van der Waals surface area (Å²) in [6, 6.07) is 10.6. The van der Waals surface area contributed by atoms with Crippen molar-refractivity contribution >= 4 is 26.0 Å². The fraction of sp³-hybridized carbons (Fsp3) is 0.250. The van der Waals surface area contributed by atoms with Gasteiger partial charge in [0.25, 0.3) is 10.0 Å². The minimum atomic E-state index is -3.59. The smallest absolute Gasteiger partial charge is 0.256 e. The number of alkyl halides is 1. The van der Waals surface area contributed by atoms with Crippen LogP contribution >= 0.6 is 15.9 Å². The van der Waals surface area contributed by atoms with Crippen LogP contribution < -0.4 is 4.72 Å². The summed E-state index contributed by atoms with van der Waals surface area (Å²) in [4.78, 5) is 0. The predicted molar refractivity (Wildman–Crippen MR) is 76.5 cm³/mol. The van der Waals surface area contributed by atoms with E-state index in [-0.39, 0.29) is 11.1 Å². The summed E-state index contributed by atoms with van der Waals surface area (Å²) < 4.78 is 28.5. The summed E-state index contributed by atoms with van der Waals surface area (Å²) >= 11 is 3.34. The summed E-state index contributed by atoms with van der Waals surface area (Å²) in [5.74, 6) is 0. The van der Waals surface area contributed by atoms with E-state index in [1.807, 2.05) is 30.3 Å². The van der Waals surface area contributed by atoms with Crippen LogP contribution in [0.15, 0.2) is 47.6 Å². The van der Waals surface area contributed by atoms with Crippen LogP contribution in [0.2, 0.25) is 0 Å². The molecule has 0 radical (unpaired) electrons. The molecule has 0 bridgehead atoms. The van der Waals surface area contributed by atoms with Crippen molar-refractivity contribution in [1.82, 2.24) is 14.5 Å². The topological polar surface area (TPSA) is 64.0 Å². The second-order valence-electron chi connectivity index (χ2n) is 4.03. The van der Waals surface area contributed by atoms with E-state index >= 15 is 0 Å². The minimum Gasteiger partial charge on any atom is -0.256 e. The zero-order valence-electron chi connectivity index (χ0n) is 10.3. The van der Waals surface area contributed by atoms with Gasteiger partial charge in [0.2, 0.25) is 0 Å². The van der Waals surface area contributed by atoms with Gasteiger partial charge in [0.05, 0.1) is 12.2 Å². The molecule has 1 atom stereocenters. The molecular weight excluding hydrogens is 330 g/mol. The Balaban J connectivity index is 2.27. The number of nitrogens with zero attached hydrogens (tertiary/aromatic N) is 2. The molecule has 0 aliphatic heterocycles. The fourth-order valence-electron chi connectivity index (χ4n) is 1.75. The van der Waals surface area contributed by atoms with Crippen molar-refractivity contribution < 1.29 is 8.42 Å². The molecule has 0 saturated heterocycles. The van der Waals surface area contributed by atoms with Gasteiger partial charge in [-0.2, -0.15) is 5.10 Å². The van der Waals surface area contributed by atoms with Crippen LogP contribution in [-0.2, 0) is 17.1 Å². The average Bonchev–Trinajstić information content (AvgIpc) is 2.84. The van der Waals surface area contributed by atoms with Crippen molar-refractivity contribution in [2.24, 2.45) is 7.05 Å². The standard InChI is InChI=1S/C12H14BrN3O2S/c1-16-12(7-8-14-16)19(17,18)15-11(9-13)10-5-3-2-4-6-10/h2-8,11,15H,9H2,1H3. The first kappa shape index (κ1) is 14.2. The maximum absolute atomic E-state index is 12.3.